The molecule has 3 fully saturated rings. The van der Waals surface area contributed by atoms with Gasteiger partial charge in [-0.15, -0.1) is 11.3 Å². The number of benzene rings is 1. The van der Waals surface area contributed by atoms with Crippen molar-refractivity contribution in [3.05, 3.63) is 52.1 Å². The Morgan fingerprint density at radius 3 is 2.55 bits per heavy atom. The van der Waals surface area contributed by atoms with Gasteiger partial charge in [0.1, 0.15) is 23.2 Å². The average molecular weight is 869 g/mol. The van der Waals surface area contributed by atoms with Crippen molar-refractivity contribution < 1.29 is 28.6 Å². The Morgan fingerprint density at radius 1 is 1.10 bits per heavy atom. The number of anilines is 1. The summed E-state index contributed by atoms with van der Waals surface area (Å²) in [6.07, 6.45) is 2.55. The van der Waals surface area contributed by atoms with Crippen LogP contribution in [0.5, 0.6) is 0 Å². The Bertz CT molecular complexity index is 2290. The van der Waals surface area contributed by atoms with Crippen LogP contribution in [0, 0.1) is 23.2 Å². The molecular weight excluding hydrogens is 805 g/mol. The largest absolute Gasteiger partial charge is 0.464 e. The number of cyclic esters (lactones) is 1. The summed E-state index contributed by atoms with van der Waals surface area (Å²) in [6, 6.07) is 6.99. The molecule has 14 nitrogen and oxygen atoms in total. The van der Waals surface area contributed by atoms with E-state index in [-0.39, 0.29) is 42.3 Å². The Labute approximate surface area is 369 Å². The molecule has 3 aromatic heterocycles. The Balaban J connectivity index is 1.29. The highest BCUT2D eigenvalue weighted by atomic mass is 32.1. The number of pyridine rings is 1. The zero-order chi connectivity index (χ0) is 44.0. The molecule has 334 valence electrons. The van der Waals surface area contributed by atoms with E-state index in [1.54, 1.807) is 7.11 Å². The van der Waals surface area contributed by atoms with Gasteiger partial charge < -0.3 is 33.9 Å². The lowest BCUT2D eigenvalue weighted by molar-refractivity contribution is -0.156. The number of amides is 2. The van der Waals surface area contributed by atoms with Gasteiger partial charge in [-0.1, -0.05) is 33.8 Å². The molecule has 3 aliphatic heterocycles. The molecule has 6 bridgehead atoms. The fourth-order valence-electron chi connectivity index (χ4n) is 9.60. The van der Waals surface area contributed by atoms with Crippen LogP contribution in [-0.2, 0) is 41.6 Å². The number of aromatic nitrogens is 3. The molecule has 1 aromatic carbocycles. The molecule has 62 heavy (non-hydrogen) atoms. The van der Waals surface area contributed by atoms with E-state index in [2.05, 4.69) is 91.0 Å². The van der Waals surface area contributed by atoms with Gasteiger partial charge in [0.15, 0.2) is 0 Å². The van der Waals surface area contributed by atoms with Crippen molar-refractivity contribution in [3.63, 3.8) is 0 Å². The van der Waals surface area contributed by atoms with E-state index in [0.717, 1.165) is 76.5 Å². The topological polar surface area (TPSA) is 143 Å². The summed E-state index contributed by atoms with van der Waals surface area (Å²) < 4.78 is 20.9. The first-order chi connectivity index (χ1) is 29.7. The van der Waals surface area contributed by atoms with Gasteiger partial charge in [-0.2, -0.15) is 0 Å². The number of hydrazine groups is 1. The number of rotatable bonds is 9. The number of likely N-dealkylation sites (N-methyl/N-ethyl adjacent to an activating group) is 1. The first-order valence-electron chi connectivity index (χ1n) is 22.5. The maximum absolute atomic E-state index is 14.6. The average Bonchev–Trinajstić information content (AvgIpc) is 3.54. The SMILES string of the molecule is CCO[C@@H]1c2nc(cs2)-c2ccc3c(c2)c(c(-c2cc(N4CCN(C)CC4)cnc2[C@H](C)OC)n3CC)CC(C)(C)COC(=O)[C@@H]2CCCN(N2)C(=O)[C@H]1NC(=O)[C@H]1[C@H](C)[C@@H]1C. The Kier molecular flexibility index (Phi) is 12.8. The van der Waals surface area contributed by atoms with Gasteiger partial charge >= 0.3 is 5.97 Å². The fraction of sp³-hybridized carbons (Fsp3) is 0.596. The van der Waals surface area contributed by atoms with Crippen LogP contribution in [0.15, 0.2) is 35.8 Å². The second-order valence-corrected chi connectivity index (χ2v) is 19.4. The van der Waals surface area contributed by atoms with Gasteiger partial charge in [0.2, 0.25) is 5.91 Å². The van der Waals surface area contributed by atoms with Crippen LogP contribution in [0.3, 0.4) is 0 Å². The summed E-state index contributed by atoms with van der Waals surface area (Å²) >= 11 is 1.42. The second-order valence-electron chi connectivity index (χ2n) is 18.5. The Morgan fingerprint density at radius 2 is 1.85 bits per heavy atom. The summed E-state index contributed by atoms with van der Waals surface area (Å²) in [5.74, 6) is -0.723. The third kappa shape index (κ3) is 8.62. The quantitative estimate of drug-likeness (QED) is 0.181. The maximum atomic E-state index is 14.6. The number of thiazole rings is 1. The van der Waals surface area contributed by atoms with Crippen molar-refractivity contribution in [2.45, 2.75) is 98.6 Å². The van der Waals surface area contributed by atoms with Crippen molar-refractivity contribution in [2.75, 3.05) is 65.0 Å². The fourth-order valence-corrected chi connectivity index (χ4v) is 10.5. The van der Waals surface area contributed by atoms with Gasteiger partial charge in [-0.25, -0.2) is 10.4 Å². The number of fused-ring (bicyclic) bond motifs is 6. The zero-order valence-corrected chi connectivity index (χ0v) is 38.6. The molecule has 0 spiro atoms. The highest BCUT2D eigenvalue weighted by molar-refractivity contribution is 7.10. The minimum atomic E-state index is -1.07. The van der Waals surface area contributed by atoms with Crippen LogP contribution < -0.4 is 15.6 Å². The third-order valence-corrected chi connectivity index (χ3v) is 14.6. The normalized spacial score (nSPS) is 26.3. The predicted octanol–water partition coefficient (Wildman–Crippen LogP) is 6.39. The molecule has 1 aliphatic carbocycles. The van der Waals surface area contributed by atoms with Crippen LogP contribution in [-0.4, -0.2) is 114 Å². The van der Waals surface area contributed by atoms with E-state index >= 15 is 0 Å². The lowest BCUT2D eigenvalue weighted by Gasteiger charge is -2.37. The molecule has 8 rings (SSSR count). The molecule has 0 unspecified atom stereocenters. The van der Waals surface area contributed by atoms with E-state index in [0.29, 0.717) is 44.0 Å². The molecule has 6 heterocycles. The molecule has 2 N–H and O–H groups in total. The number of carbonyl (C=O) groups is 3. The predicted molar refractivity (Wildman–Crippen MR) is 242 cm³/mol. The van der Waals surface area contributed by atoms with Crippen molar-refractivity contribution in [1.29, 1.82) is 0 Å². The van der Waals surface area contributed by atoms with Gasteiger partial charge in [0.05, 0.1) is 41.7 Å². The van der Waals surface area contributed by atoms with Crippen LogP contribution in [0.4, 0.5) is 5.69 Å². The van der Waals surface area contributed by atoms with Gasteiger partial charge in [0, 0.05) is 91.7 Å². The van der Waals surface area contributed by atoms with Gasteiger partial charge in [-0.05, 0) is 82.7 Å². The third-order valence-electron chi connectivity index (χ3n) is 13.6. The number of ether oxygens (including phenoxy) is 3. The van der Waals surface area contributed by atoms with Gasteiger partial charge in [-0.3, -0.25) is 24.4 Å². The van der Waals surface area contributed by atoms with Crippen LogP contribution in [0.25, 0.3) is 33.4 Å². The molecule has 1 saturated carbocycles. The van der Waals surface area contributed by atoms with E-state index in [1.807, 2.05) is 25.4 Å². The van der Waals surface area contributed by atoms with E-state index in [9.17, 15) is 14.4 Å². The smallest absolute Gasteiger partial charge is 0.324 e. The molecule has 7 atom stereocenters. The first kappa shape index (κ1) is 44.2. The molecule has 4 aromatic rings. The number of esters is 1. The molecular formula is C47H64N8O6S. The molecule has 15 heteroatoms. The van der Waals surface area contributed by atoms with Crippen LogP contribution >= 0.6 is 11.3 Å². The number of hydrogen-bond acceptors (Lipinski definition) is 12. The van der Waals surface area contributed by atoms with Crippen molar-refractivity contribution in [2.24, 2.45) is 23.2 Å². The van der Waals surface area contributed by atoms with Gasteiger partial charge in [0.25, 0.3) is 5.91 Å². The van der Waals surface area contributed by atoms with Crippen molar-refractivity contribution in [3.8, 4) is 22.5 Å². The Hall–Kier alpha value is -4.41. The van der Waals surface area contributed by atoms with Crippen LogP contribution in [0.2, 0.25) is 0 Å². The number of nitrogens with one attached hydrogen (secondary N) is 2. The number of hydrogen-bond donors (Lipinski definition) is 2. The number of carbonyl (C=O) groups excluding carboxylic acids is 3. The van der Waals surface area contributed by atoms with E-state index < -0.39 is 29.6 Å². The maximum Gasteiger partial charge on any atom is 0.324 e. The van der Waals surface area contributed by atoms with Crippen molar-refractivity contribution in [1.82, 2.24) is 35.2 Å². The summed E-state index contributed by atoms with van der Waals surface area (Å²) in [4.78, 5) is 57.4. The summed E-state index contributed by atoms with van der Waals surface area (Å²) in [6.45, 7) is 19.8. The summed E-state index contributed by atoms with van der Waals surface area (Å²) in [5.41, 5.74) is 10.6. The van der Waals surface area contributed by atoms with E-state index in [4.69, 9.17) is 24.2 Å². The number of piperazine rings is 1. The molecule has 4 aliphatic rings. The number of nitrogens with zero attached hydrogens (tertiary/aromatic N) is 6. The summed E-state index contributed by atoms with van der Waals surface area (Å²) in [5, 5.41) is 8.24. The zero-order valence-electron chi connectivity index (χ0n) is 37.8. The first-order valence-corrected chi connectivity index (χ1v) is 23.3. The molecule has 2 saturated heterocycles. The minimum absolute atomic E-state index is 0.162. The minimum Gasteiger partial charge on any atom is -0.464 e. The lowest BCUT2D eigenvalue weighted by Crippen LogP contribution is -2.61. The molecule has 2 amide bonds. The highest BCUT2D eigenvalue weighted by Crippen LogP contribution is 2.46. The number of methoxy groups -OCH3 is 1. The molecule has 0 radical (unpaired) electrons. The monoisotopic (exact) mass is 868 g/mol. The standard InChI is InChI=1S/C47H64N8O6S/c1-10-54-37-15-14-30-21-32(37)34(41(54)33-22-31(24-48-39(33)29(5)59-9)53-19-17-52(8)18-20-53)23-47(6,7)26-61-46(58)35-13-12-16-55(51-35)45(57)40(50-43(56)38-27(3)28(38)4)42(60-11-2)44-49-36(30)25-62-44/h14-15,21-22,24-25,27-29,35,38,40,42,51H,10-13,16-20,23,26H2,1-9H3,(H,50,56)/t27-,28+,29-,35-,38+,40-,42-/m0/s1. The van der Waals surface area contributed by atoms with Crippen molar-refractivity contribution >= 4 is 45.7 Å². The second kappa shape index (κ2) is 18.0. The lowest BCUT2D eigenvalue weighted by atomic mass is 9.84. The number of aryl methyl sites for hydroxylation is 1. The summed E-state index contributed by atoms with van der Waals surface area (Å²) in [7, 11) is 3.89. The van der Waals surface area contributed by atoms with E-state index in [1.165, 1.54) is 16.3 Å². The highest BCUT2D eigenvalue weighted by Gasteiger charge is 2.50. The van der Waals surface area contributed by atoms with Crippen LogP contribution in [0.1, 0.15) is 89.8 Å².